The number of esters is 2. The lowest BCUT2D eigenvalue weighted by Crippen LogP contribution is -2.40. The molecular weight excluding hydrogens is 526 g/mol. The molecule has 182 valence electrons. The summed E-state index contributed by atoms with van der Waals surface area (Å²) in [6, 6.07) is 18.2. The lowest BCUT2D eigenvalue weighted by molar-refractivity contribution is -0.139. The largest absolute Gasteiger partial charge is 0.466 e. The molecule has 0 radical (unpaired) electrons. The highest BCUT2D eigenvalue weighted by Gasteiger charge is 2.43. The number of allylic oxidation sites excluding steroid dienone is 1. The first-order valence-electron chi connectivity index (χ1n) is 10.8. The Hall–Kier alpha value is -4.36. The molecule has 0 spiro atoms. The van der Waals surface area contributed by atoms with Gasteiger partial charge in [0.2, 0.25) is 0 Å². The van der Waals surface area contributed by atoms with Gasteiger partial charge in [0, 0.05) is 11.9 Å². The second kappa shape index (κ2) is 10.5. The van der Waals surface area contributed by atoms with Crippen LogP contribution in [0.4, 0.5) is 5.69 Å². The number of ether oxygens (including phenoxy) is 2. The lowest BCUT2D eigenvalue weighted by atomic mass is 9.81. The SMILES string of the molecule is COC(=O)C1=C(C(=O)OC)N(c2cccc(Cn3cc(Br)cn3)c2)C(N)=C(C#N)C1c1ccccc1. The zero-order chi connectivity index (χ0) is 25.8. The number of methoxy groups -OCH3 is 2. The summed E-state index contributed by atoms with van der Waals surface area (Å²) in [7, 11) is 2.43. The smallest absolute Gasteiger partial charge is 0.355 e. The second-order valence-electron chi connectivity index (χ2n) is 7.86. The van der Waals surface area contributed by atoms with Crippen LogP contribution in [0.15, 0.2) is 94.1 Å². The van der Waals surface area contributed by atoms with Crippen molar-refractivity contribution in [2.24, 2.45) is 5.73 Å². The molecule has 2 heterocycles. The molecule has 4 rings (SSSR count). The molecule has 1 atom stereocenters. The van der Waals surface area contributed by atoms with Crippen molar-refractivity contribution in [1.29, 1.82) is 5.26 Å². The van der Waals surface area contributed by atoms with Crippen LogP contribution in [0.2, 0.25) is 0 Å². The normalized spacial score (nSPS) is 15.5. The van der Waals surface area contributed by atoms with Gasteiger partial charge in [-0.25, -0.2) is 9.59 Å². The monoisotopic (exact) mass is 547 g/mol. The summed E-state index contributed by atoms with van der Waals surface area (Å²) in [6.45, 7) is 0.440. The molecule has 0 bridgehead atoms. The number of nitrogens with zero attached hydrogens (tertiary/aromatic N) is 4. The first kappa shape index (κ1) is 24.8. The number of hydrogen-bond acceptors (Lipinski definition) is 8. The number of aromatic nitrogens is 2. The van der Waals surface area contributed by atoms with Gasteiger partial charge >= 0.3 is 11.9 Å². The summed E-state index contributed by atoms with van der Waals surface area (Å²) >= 11 is 3.38. The van der Waals surface area contributed by atoms with E-state index < -0.39 is 17.9 Å². The third-order valence-corrected chi connectivity index (χ3v) is 6.13. The van der Waals surface area contributed by atoms with Crippen LogP contribution in [-0.2, 0) is 25.6 Å². The van der Waals surface area contributed by atoms with Crippen molar-refractivity contribution in [3.63, 3.8) is 0 Å². The van der Waals surface area contributed by atoms with Crippen molar-refractivity contribution in [3.05, 3.63) is 105 Å². The van der Waals surface area contributed by atoms with E-state index >= 15 is 0 Å². The minimum absolute atomic E-state index is 0.0124. The van der Waals surface area contributed by atoms with Gasteiger partial charge in [0.1, 0.15) is 11.5 Å². The predicted molar refractivity (Wildman–Crippen MR) is 135 cm³/mol. The highest BCUT2D eigenvalue weighted by atomic mass is 79.9. The van der Waals surface area contributed by atoms with Crippen LogP contribution in [0, 0.1) is 11.3 Å². The van der Waals surface area contributed by atoms with Crippen LogP contribution in [0.5, 0.6) is 0 Å². The van der Waals surface area contributed by atoms with Crippen molar-refractivity contribution in [3.8, 4) is 6.07 Å². The van der Waals surface area contributed by atoms with E-state index in [-0.39, 0.29) is 22.7 Å². The fraction of sp³-hybridized carbons (Fsp3) is 0.154. The molecule has 0 saturated heterocycles. The zero-order valence-electron chi connectivity index (χ0n) is 19.5. The van der Waals surface area contributed by atoms with Crippen LogP contribution in [0.1, 0.15) is 17.0 Å². The number of nitrogens with two attached hydrogens (primary N) is 1. The summed E-state index contributed by atoms with van der Waals surface area (Å²) in [6.07, 6.45) is 3.51. The van der Waals surface area contributed by atoms with Crippen molar-refractivity contribution in [1.82, 2.24) is 9.78 Å². The van der Waals surface area contributed by atoms with Gasteiger partial charge < -0.3 is 15.2 Å². The molecule has 0 saturated carbocycles. The van der Waals surface area contributed by atoms with Gasteiger partial charge in [0.25, 0.3) is 0 Å². The minimum atomic E-state index is -0.918. The number of nitriles is 1. The quantitative estimate of drug-likeness (QED) is 0.464. The molecule has 9 nitrogen and oxygen atoms in total. The van der Waals surface area contributed by atoms with Crippen molar-refractivity contribution in [2.75, 3.05) is 19.1 Å². The van der Waals surface area contributed by atoms with Crippen LogP contribution < -0.4 is 10.6 Å². The van der Waals surface area contributed by atoms with Gasteiger partial charge in [-0.3, -0.25) is 9.58 Å². The van der Waals surface area contributed by atoms with Gasteiger partial charge in [-0.2, -0.15) is 10.4 Å². The second-order valence-corrected chi connectivity index (χ2v) is 8.78. The molecular formula is C26H22BrN5O4. The van der Waals surface area contributed by atoms with Crippen LogP contribution in [0.25, 0.3) is 0 Å². The third kappa shape index (κ3) is 4.61. The summed E-state index contributed by atoms with van der Waals surface area (Å²) in [5.41, 5.74) is 8.43. The fourth-order valence-electron chi connectivity index (χ4n) is 4.19. The molecule has 1 aromatic heterocycles. The number of carbonyl (C=O) groups excluding carboxylic acids is 2. The van der Waals surface area contributed by atoms with Crippen LogP contribution in [-0.4, -0.2) is 35.9 Å². The topological polar surface area (TPSA) is 123 Å². The van der Waals surface area contributed by atoms with E-state index in [9.17, 15) is 14.9 Å². The maximum absolute atomic E-state index is 13.2. The highest BCUT2D eigenvalue weighted by molar-refractivity contribution is 9.10. The molecule has 0 fully saturated rings. The van der Waals surface area contributed by atoms with E-state index in [4.69, 9.17) is 15.2 Å². The highest BCUT2D eigenvalue weighted by Crippen LogP contribution is 2.43. The minimum Gasteiger partial charge on any atom is -0.466 e. The molecule has 0 aliphatic carbocycles. The lowest BCUT2D eigenvalue weighted by Gasteiger charge is -2.36. The van der Waals surface area contributed by atoms with Crippen LogP contribution >= 0.6 is 15.9 Å². The molecule has 0 amide bonds. The molecule has 1 unspecified atom stereocenters. The molecule has 1 aliphatic rings. The standard InChI is InChI=1S/C26H22BrN5O4/c1-35-25(33)22-21(17-8-4-3-5-9-17)20(12-28)24(29)32(23(22)26(34)36-2)19-10-6-7-16(11-19)14-31-15-18(27)13-30-31/h3-11,13,15,21H,14,29H2,1-2H3. The number of carbonyl (C=O) groups is 2. The first-order chi connectivity index (χ1) is 17.4. The number of halogens is 1. The number of anilines is 1. The van der Waals surface area contributed by atoms with Crippen LogP contribution in [0.3, 0.4) is 0 Å². The molecule has 10 heteroatoms. The average Bonchev–Trinajstić information content (AvgIpc) is 3.31. The van der Waals surface area contributed by atoms with E-state index in [1.54, 1.807) is 53.3 Å². The summed E-state index contributed by atoms with van der Waals surface area (Å²) in [4.78, 5) is 27.7. The Bertz CT molecular complexity index is 1420. The van der Waals surface area contributed by atoms with Gasteiger partial charge in [0.15, 0.2) is 0 Å². The Balaban J connectivity index is 1.94. The first-order valence-corrected chi connectivity index (χ1v) is 11.6. The Labute approximate surface area is 216 Å². The molecule has 36 heavy (non-hydrogen) atoms. The van der Waals surface area contributed by atoms with Gasteiger partial charge in [-0.05, 0) is 39.2 Å². The van der Waals surface area contributed by atoms with E-state index in [1.807, 2.05) is 18.3 Å². The van der Waals surface area contributed by atoms with Crippen molar-refractivity contribution in [2.45, 2.75) is 12.5 Å². The number of rotatable bonds is 6. The van der Waals surface area contributed by atoms with E-state index in [0.29, 0.717) is 17.8 Å². The average molecular weight is 548 g/mol. The predicted octanol–water partition coefficient (Wildman–Crippen LogP) is 3.59. The summed E-state index contributed by atoms with van der Waals surface area (Å²) in [5, 5.41) is 14.4. The van der Waals surface area contributed by atoms with Gasteiger partial charge in [-0.1, -0.05) is 42.5 Å². The Morgan fingerprint density at radius 3 is 2.44 bits per heavy atom. The Kier molecular flexibility index (Phi) is 7.22. The Morgan fingerprint density at radius 1 is 1.11 bits per heavy atom. The summed E-state index contributed by atoms with van der Waals surface area (Å²) < 4.78 is 12.7. The van der Waals surface area contributed by atoms with Crippen molar-refractivity contribution >= 4 is 33.6 Å². The number of hydrogen-bond donors (Lipinski definition) is 1. The fourth-order valence-corrected chi connectivity index (χ4v) is 4.52. The number of benzene rings is 2. The Morgan fingerprint density at radius 2 is 1.83 bits per heavy atom. The van der Waals surface area contributed by atoms with E-state index in [0.717, 1.165) is 10.0 Å². The molecule has 2 N–H and O–H groups in total. The molecule has 1 aliphatic heterocycles. The third-order valence-electron chi connectivity index (χ3n) is 5.73. The maximum atomic E-state index is 13.2. The zero-order valence-corrected chi connectivity index (χ0v) is 21.1. The van der Waals surface area contributed by atoms with Gasteiger partial charge in [-0.15, -0.1) is 0 Å². The maximum Gasteiger partial charge on any atom is 0.355 e. The van der Waals surface area contributed by atoms with Gasteiger partial charge in [0.05, 0.1) is 54.6 Å². The van der Waals surface area contributed by atoms with E-state index in [1.165, 1.54) is 19.1 Å². The molecule has 2 aromatic carbocycles. The molecule has 3 aromatic rings. The summed E-state index contributed by atoms with van der Waals surface area (Å²) in [5.74, 6) is -2.47. The van der Waals surface area contributed by atoms with Crippen molar-refractivity contribution < 1.29 is 19.1 Å². The van der Waals surface area contributed by atoms with E-state index in [2.05, 4.69) is 27.1 Å².